The fourth-order valence-electron chi connectivity index (χ4n) is 5.31. The van der Waals surface area contributed by atoms with Crippen molar-refractivity contribution in [1.82, 2.24) is 26.6 Å². The van der Waals surface area contributed by atoms with E-state index in [9.17, 15) is 24.0 Å². The van der Waals surface area contributed by atoms with Crippen LogP contribution in [0.5, 0.6) is 5.75 Å². The Bertz CT molecular complexity index is 1360. The van der Waals surface area contributed by atoms with Gasteiger partial charge in [0.25, 0.3) is 0 Å². The number of nitrogens with one attached hydrogen (secondary N) is 5. The molecule has 6 rings (SSSR count). The van der Waals surface area contributed by atoms with Crippen molar-refractivity contribution in [2.45, 2.75) is 75.2 Å². The van der Waals surface area contributed by atoms with E-state index in [1.807, 2.05) is 30.3 Å². The van der Waals surface area contributed by atoms with Crippen molar-refractivity contribution < 1.29 is 33.4 Å². The Balaban J connectivity index is 1.37. The lowest BCUT2D eigenvalue weighted by Gasteiger charge is -2.26. The molecule has 0 unspecified atom stereocenters. The third-order valence-corrected chi connectivity index (χ3v) is 8.09. The van der Waals surface area contributed by atoms with Gasteiger partial charge in [-0.1, -0.05) is 42.5 Å². The second-order valence-electron chi connectivity index (χ2n) is 11.6. The SMILES string of the molecule is C[C@@H]1NC(=O)[C@@H](NC(=O)[C@@H]2CCCO2)Cc2ccc(cc2)OCCNC(=O)C2(CC2)NC(=O)[C@@H](Cc2ccccc2)NC1=O. The van der Waals surface area contributed by atoms with Gasteiger partial charge < -0.3 is 36.1 Å². The zero-order valence-electron chi connectivity index (χ0n) is 24.7. The predicted molar refractivity (Wildman–Crippen MR) is 159 cm³/mol. The van der Waals surface area contributed by atoms with E-state index in [1.54, 1.807) is 24.3 Å². The summed E-state index contributed by atoms with van der Waals surface area (Å²) in [6, 6.07) is 13.3. The molecule has 1 saturated carbocycles. The molecule has 1 saturated heterocycles. The first-order chi connectivity index (χ1) is 21.2. The van der Waals surface area contributed by atoms with Gasteiger partial charge in [-0.2, -0.15) is 0 Å². The quantitative estimate of drug-likeness (QED) is 0.313. The van der Waals surface area contributed by atoms with Gasteiger partial charge in [0.05, 0.1) is 6.54 Å². The minimum Gasteiger partial charge on any atom is -0.492 e. The molecule has 2 bridgehead atoms. The van der Waals surface area contributed by atoms with Crippen molar-refractivity contribution >= 4 is 29.5 Å². The number of fused-ring (bicyclic) bond motifs is 15. The van der Waals surface area contributed by atoms with Gasteiger partial charge in [0.15, 0.2) is 0 Å². The maximum absolute atomic E-state index is 13.5. The van der Waals surface area contributed by atoms with Crippen LogP contribution in [0.1, 0.15) is 43.7 Å². The van der Waals surface area contributed by atoms with Crippen molar-refractivity contribution in [1.29, 1.82) is 0 Å². The van der Waals surface area contributed by atoms with E-state index in [4.69, 9.17) is 9.47 Å². The smallest absolute Gasteiger partial charge is 0.249 e. The number of carbonyl (C=O) groups is 5. The van der Waals surface area contributed by atoms with Crippen LogP contribution in [0.3, 0.4) is 0 Å². The fraction of sp³-hybridized carbons (Fsp3) is 0.469. The first kappa shape index (κ1) is 31.0. The molecule has 44 heavy (non-hydrogen) atoms. The van der Waals surface area contributed by atoms with E-state index in [-0.39, 0.29) is 37.8 Å². The molecular formula is C32H39N5O7. The Kier molecular flexibility index (Phi) is 9.78. The lowest BCUT2D eigenvalue weighted by molar-refractivity contribution is -0.136. The highest BCUT2D eigenvalue weighted by Gasteiger charge is 2.51. The summed E-state index contributed by atoms with van der Waals surface area (Å²) >= 11 is 0. The summed E-state index contributed by atoms with van der Waals surface area (Å²) in [6.07, 6.45) is 1.99. The first-order valence-corrected chi connectivity index (χ1v) is 15.1. The van der Waals surface area contributed by atoms with Gasteiger partial charge >= 0.3 is 0 Å². The largest absolute Gasteiger partial charge is 0.492 e. The van der Waals surface area contributed by atoms with E-state index in [2.05, 4.69) is 26.6 Å². The van der Waals surface area contributed by atoms with Gasteiger partial charge in [0.1, 0.15) is 42.1 Å². The van der Waals surface area contributed by atoms with Crippen LogP contribution in [0.25, 0.3) is 0 Å². The Labute approximate surface area is 256 Å². The first-order valence-electron chi connectivity index (χ1n) is 15.1. The number of hydrogen-bond donors (Lipinski definition) is 5. The van der Waals surface area contributed by atoms with Crippen LogP contribution >= 0.6 is 0 Å². The maximum Gasteiger partial charge on any atom is 0.249 e. The molecule has 2 aromatic rings. The highest BCUT2D eigenvalue weighted by atomic mass is 16.5. The Morgan fingerprint density at radius 2 is 1.68 bits per heavy atom. The summed E-state index contributed by atoms with van der Waals surface area (Å²) in [4.78, 5) is 66.2. The van der Waals surface area contributed by atoms with E-state index in [1.165, 1.54) is 6.92 Å². The molecule has 12 nitrogen and oxygen atoms in total. The fourth-order valence-corrected chi connectivity index (χ4v) is 5.31. The summed E-state index contributed by atoms with van der Waals surface area (Å²) < 4.78 is 11.3. The van der Waals surface area contributed by atoms with Crippen LogP contribution < -0.4 is 31.3 Å². The second kappa shape index (κ2) is 13.9. The molecule has 2 fully saturated rings. The maximum atomic E-state index is 13.5. The molecule has 0 radical (unpaired) electrons. The van der Waals surface area contributed by atoms with Crippen molar-refractivity contribution in [3.63, 3.8) is 0 Å². The number of carbonyl (C=O) groups excluding carboxylic acids is 5. The van der Waals surface area contributed by atoms with Crippen LogP contribution in [-0.2, 0) is 41.6 Å². The highest BCUT2D eigenvalue weighted by molar-refractivity contribution is 5.98. The summed E-state index contributed by atoms with van der Waals surface area (Å²) in [5.74, 6) is -1.74. The zero-order chi connectivity index (χ0) is 31.1. The Hall–Kier alpha value is -4.45. The molecule has 12 heteroatoms. The van der Waals surface area contributed by atoms with E-state index >= 15 is 0 Å². The molecule has 4 aliphatic rings. The molecular weight excluding hydrogens is 566 g/mol. The van der Waals surface area contributed by atoms with Gasteiger partial charge in [-0.15, -0.1) is 0 Å². The molecule has 0 aromatic heterocycles. The van der Waals surface area contributed by atoms with Crippen LogP contribution in [0.2, 0.25) is 0 Å². The summed E-state index contributed by atoms with van der Waals surface area (Å²) in [5, 5.41) is 13.9. The molecule has 5 amide bonds. The third kappa shape index (κ3) is 7.93. The van der Waals surface area contributed by atoms with Crippen LogP contribution in [0.4, 0.5) is 0 Å². The molecule has 3 aliphatic heterocycles. The summed E-state index contributed by atoms with van der Waals surface area (Å²) in [6.45, 7) is 2.44. The van der Waals surface area contributed by atoms with Crippen molar-refractivity contribution in [2.24, 2.45) is 0 Å². The Morgan fingerprint density at radius 1 is 0.932 bits per heavy atom. The normalized spacial score (nSPS) is 26.0. The molecule has 1 spiro atoms. The third-order valence-electron chi connectivity index (χ3n) is 8.09. The zero-order valence-corrected chi connectivity index (χ0v) is 24.7. The lowest BCUT2D eigenvalue weighted by Crippen LogP contribution is -2.59. The summed E-state index contributed by atoms with van der Waals surface area (Å²) in [7, 11) is 0. The predicted octanol–water partition coefficient (Wildman–Crippen LogP) is 0.283. The van der Waals surface area contributed by atoms with Crippen molar-refractivity contribution in [2.75, 3.05) is 19.8 Å². The van der Waals surface area contributed by atoms with Gasteiger partial charge in [0, 0.05) is 19.4 Å². The average molecular weight is 606 g/mol. The van der Waals surface area contributed by atoms with Gasteiger partial charge in [-0.05, 0) is 55.9 Å². The standard InChI is InChI=1S/C32H39N5O7/c1-20-27(38)35-25(18-21-6-3-2-4-7-21)29(40)37-32(13-14-32)31(42)33-15-17-43-23-11-9-22(10-12-23)19-24(28(39)34-20)36-30(41)26-8-5-16-44-26/h2-4,6-7,9-12,20,24-26H,5,8,13-19H2,1H3,(H,33,42)(H,34,39)(H,35,38)(H,36,41)(H,37,40)/t20-,24-,25+,26-/m0/s1. The number of amides is 5. The second-order valence-corrected chi connectivity index (χ2v) is 11.6. The highest BCUT2D eigenvalue weighted by Crippen LogP contribution is 2.35. The molecule has 5 N–H and O–H groups in total. The van der Waals surface area contributed by atoms with Gasteiger partial charge in [0.2, 0.25) is 29.5 Å². The number of hydrogen-bond acceptors (Lipinski definition) is 7. The summed E-state index contributed by atoms with van der Waals surface area (Å²) in [5.41, 5.74) is 0.529. The Morgan fingerprint density at radius 3 is 2.36 bits per heavy atom. The molecule has 1 aliphatic carbocycles. The molecule has 3 heterocycles. The number of benzene rings is 2. The molecule has 2 aromatic carbocycles. The van der Waals surface area contributed by atoms with Crippen molar-refractivity contribution in [3.8, 4) is 5.75 Å². The van der Waals surface area contributed by atoms with Gasteiger partial charge in [-0.25, -0.2) is 0 Å². The van der Waals surface area contributed by atoms with Crippen molar-refractivity contribution in [3.05, 3.63) is 65.7 Å². The van der Waals surface area contributed by atoms with Gasteiger partial charge in [-0.3, -0.25) is 24.0 Å². The van der Waals surface area contributed by atoms with Crippen LogP contribution in [-0.4, -0.2) is 79.1 Å². The van der Waals surface area contributed by atoms with E-state index in [0.717, 1.165) is 17.5 Å². The van der Waals surface area contributed by atoms with Crippen LogP contribution in [0.15, 0.2) is 54.6 Å². The lowest BCUT2D eigenvalue weighted by atomic mass is 10.0. The monoisotopic (exact) mass is 605 g/mol. The minimum absolute atomic E-state index is 0.163. The van der Waals surface area contributed by atoms with Crippen LogP contribution in [0, 0.1) is 0 Å². The van der Waals surface area contributed by atoms with E-state index in [0.29, 0.717) is 31.6 Å². The molecule has 234 valence electrons. The topological polar surface area (TPSA) is 164 Å². The minimum atomic E-state index is -1.05. The number of rotatable bonds is 4. The van der Waals surface area contributed by atoms with E-state index < -0.39 is 47.5 Å². The molecule has 4 atom stereocenters. The average Bonchev–Trinajstić information content (AvgIpc) is 3.58. The number of ether oxygens (including phenoxy) is 2.